The largest absolute Gasteiger partial charge is 0.491 e. The molecule has 2 N–H and O–H groups in total. The Morgan fingerprint density at radius 3 is 2.39 bits per heavy atom. The van der Waals surface area contributed by atoms with E-state index in [1.165, 1.54) is 4.90 Å². The van der Waals surface area contributed by atoms with Gasteiger partial charge in [0, 0.05) is 29.4 Å². The maximum absolute atomic E-state index is 12.9. The summed E-state index contributed by atoms with van der Waals surface area (Å²) in [7, 11) is 0. The normalized spacial score (nSPS) is 10.9. The van der Waals surface area contributed by atoms with E-state index >= 15 is 0 Å². The van der Waals surface area contributed by atoms with Crippen LogP contribution in [0.1, 0.15) is 43.1 Å². The molecule has 2 aromatic carbocycles. The lowest BCUT2D eigenvalue weighted by atomic mass is 9.93. The number of primary amides is 1. The summed E-state index contributed by atoms with van der Waals surface area (Å²) >= 11 is 13.2. The monoisotopic (exact) mass is 554 g/mol. The van der Waals surface area contributed by atoms with Crippen LogP contribution in [0.15, 0.2) is 54.9 Å². The first kappa shape index (κ1) is 28.8. The number of carbonyl (C=O) groups is 2. The Morgan fingerprint density at radius 2 is 1.79 bits per heavy atom. The van der Waals surface area contributed by atoms with Crippen molar-refractivity contribution in [3.8, 4) is 22.9 Å². The number of rotatable bonds is 9. The minimum atomic E-state index is -0.785. The highest BCUT2D eigenvalue weighted by molar-refractivity contribution is 6.36. The number of pyridine rings is 1. The molecule has 3 rings (SSSR count). The van der Waals surface area contributed by atoms with Crippen LogP contribution < -0.4 is 15.4 Å². The van der Waals surface area contributed by atoms with E-state index in [1.54, 1.807) is 63.5 Å². The first-order valence-corrected chi connectivity index (χ1v) is 12.6. The van der Waals surface area contributed by atoms with E-state index in [-0.39, 0.29) is 42.3 Å². The molecule has 3 aromatic rings. The Bertz CT molecular complexity index is 1350. The minimum Gasteiger partial charge on any atom is -0.491 e. The number of aromatic nitrogens is 1. The van der Waals surface area contributed by atoms with Crippen LogP contribution in [0, 0.1) is 11.3 Å². The lowest BCUT2D eigenvalue weighted by Crippen LogP contribution is -2.39. The van der Waals surface area contributed by atoms with Gasteiger partial charge in [-0.25, -0.2) is 4.79 Å². The van der Waals surface area contributed by atoms with Crippen LogP contribution in [-0.2, 0) is 11.2 Å². The van der Waals surface area contributed by atoms with E-state index in [2.05, 4.69) is 11.1 Å². The molecule has 8 nitrogen and oxygen atoms in total. The molecule has 198 valence electrons. The number of nitriles is 1. The predicted octanol–water partition coefficient (Wildman–Crippen LogP) is 6.43. The lowest BCUT2D eigenvalue weighted by Gasteiger charge is -2.27. The van der Waals surface area contributed by atoms with Gasteiger partial charge in [0.1, 0.15) is 23.5 Å². The van der Waals surface area contributed by atoms with Gasteiger partial charge in [-0.15, -0.1) is 0 Å². The van der Waals surface area contributed by atoms with Gasteiger partial charge in [0.2, 0.25) is 0 Å². The number of halogens is 2. The fourth-order valence-corrected chi connectivity index (χ4v) is 4.39. The molecule has 1 heterocycles. The van der Waals surface area contributed by atoms with E-state index < -0.39 is 17.6 Å². The third kappa shape index (κ3) is 7.15. The van der Waals surface area contributed by atoms with Crippen molar-refractivity contribution in [3.63, 3.8) is 0 Å². The van der Waals surface area contributed by atoms with Crippen LogP contribution >= 0.6 is 23.2 Å². The third-order valence-corrected chi connectivity index (χ3v) is 6.14. The van der Waals surface area contributed by atoms with Crippen LogP contribution in [0.3, 0.4) is 0 Å². The topological polar surface area (TPSA) is 119 Å². The second-order valence-electron chi connectivity index (χ2n) is 9.28. The van der Waals surface area contributed by atoms with Gasteiger partial charge < -0.3 is 15.2 Å². The fourth-order valence-electron chi connectivity index (χ4n) is 3.77. The zero-order chi connectivity index (χ0) is 27.9. The van der Waals surface area contributed by atoms with Crippen LogP contribution in [0.5, 0.6) is 5.75 Å². The summed E-state index contributed by atoms with van der Waals surface area (Å²) in [6.07, 6.45) is 3.02. The number of hydrogen-bond acceptors (Lipinski definition) is 6. The zero-order valence-electron chi connectivity index (χ0n) is 21.3. The van der Waals surface area contributed by atoms with Crippen LogP contribution in [0.2, 0.25) is 10.0 Å². The summed E-state index contributed by atoms with van der Waals surface area (Å²) in [6.45, 7) is 5.40. The molecular formula is C28H28Cl2N4O4. The molecular weight excluding hydrogens is 527 g/mol. The van der Waals surface area contributed by atoms with Gasteiger partial charge in [0.05, 0.1) is 23.3 Å². The summed E-state index contributed by atoms with van der Waals surface area (Å²) in [6, 6.07) is 14.2. The molecule has 0 atom stereocenters. The Morgan fingerprint density at radius 1 is 1.11 bits per heavy atom. The molecule has 1 aromatic heterocycles. The second kappa shape index (κ2) is 12.6. The van der Waals surface area contributed by atoms with Crippen LogP contribution in [0.25, 0.3) is 11.1 Å². The SMILES string of the molecule is CC(C)(C)OC(=O)N(CCOc1cc(-c2ccccc2Cl)c(CCC#N)c(Cl)c1C(N)=O)c1ccncc1. The van der Waals surface area contributed by atoms with Gasteiger partial charge in [0.15, 0.2) is 0 Å². The van der Waals surface area contributed by atoms with E-state index in [0.717, 1.165) is 0 Å². The third-order valence-electron chi connectivity index (χ3n) is 5.39. The number of benzene rings is 2. The number of hydrogen-bond donors (Lipinski definition) is 1. The maximum Gasteiger partial charge on any atom is 0.414 e. The van der Waals surface area contributed by atoms with E-state index in [0.29, 0.717) is 27.4 Å². The summed E-state index contributed by atoms with van der Waals surface area (Å²) in [5.41, 5.74) is 7.38. The molecule has 0 saturated carbocycles. The number of anilines is 1. The van der Waals surface area contributed by atoms with Gasteiger partial charge in [-0.05, 0) is 62.6 Å². The smallest absolute Gasteiger partial charge is 0.414 e. The van der Waals surface area contributed by atoms with Crippen molar-refractivity contribution in [1.82, 2.24) is 4.98 Å². The Balaban J connectivity index is 1.99. The Kier molecular flexibility index (Phi) is 9.56. The van der Waals surface area contributed by atoms with Crippen molar-refractivity contribution in [2.24, 2.45) is 5.73 Å². The molecule has 0 bridgehead atoms. The van der Waals surface area contributed by atoms with E-state index in [9.17, 15) is 9.59 Å². The first-order valence-electron chi connectivity index (χ1n) is 11.8. The van der Waals surface area contributed by atoms with Gasteiger partial charge in [-0.2, -0.15) is 5.26 Å². The molecule has 0 aliphatic heterocycles. The number of carbonyl (C=O) groups excluding carboxylic acids is 2. The Hall–Kier alpha value is -3.80. The first-order chi connectivity index (χ1) is 18.0. The summed E-state index contributed by atoms with van der Waals surface area (Å²) in [5.74, 6) is -0.649. The molecule has 2 amide bonds. The number of nitrogens with two attached hydrogens (primary N) is 1. The van der Waals surface area contributed by atoms with Crippen molar-refractivity contribution >= 4 is 40.9 Å². The van der Waals surface area contributed by atoms with Crippen molar-refractivity contribution in [2.75, 3.05) is 18.1 Å². The molecule has 0 spiro atoms. The molecule has 0 saturated heterocycles. The van der Waals surface area contributed by atoms with Crippen LogP contribution in [-0.4, -0.2) is 35.7 Å². The highest BCUT2D eigenvalue weighted by atomic mass is 35.5. The molecule has 0 aliphatic rings. The fraction of sp³-hybridized carbons (Fsp3) is 0.286. The van der Waals surface area contributed by atoms with Gasteiger partial charge in [0.25, 0.3) is 5.91 Å². The van der Waals surface area contributed by atoms with Gasteiger partial charge >= 0.3 is 6.09 Å². The van der Waals surface area contributed by atoms with Crippen LogP contribution in [0.4, 0.5) is 10.5 Å². The van der Waals surface area contributed by atoms with Gasteiger partial charge in [-0.3, -0.25) is 14.7 Å². The van der Waals surface area contributed by atoms with Crippen molar-refractivity contribution in [1.29, 1.82) is 5.26 Å². The average Bonchev–Trinajstić information content (AvgIpc) is 2.85. The summed E-state index contributed by atoms with van der Waals surface area (Å²) < 4.78 is 11.6. The maximum atomic E-state index is 12.9. The summed E-state index contributed by atoms with van der Waals surface area (Å²) in [4.78, 5) is 30.8. The molecule has 10 heteroatoms. The Labute approximate surface area is 231 Å². The lowest BCUT2D eigenvalue weighted by molar-refractivity contribution is 0.0574. The highest BCUT2D eigenvalue weighted by Crippen LogP contribution is 2.41. The summed E-state index contributed by atoms with van der Waals surface area (Å²) in [5, 5.41) is 9.72. The number of amides is 2. The number of ether oxygens (including phenoxy) is 2. The molecule has 0 radical (unpaired) electrons. The molecule has 0 aliphatic carbocycles. The molecule has 38 heavy (non-hydrogen) atoms. The predicted molar refractivity (Wildman–Crippen MR) is 148 cm³/mol. The minimum absolute atomic E-state index is 0.0110. The standard InChI is InChI=1S/C28H28Cl2N4O4/c1-28(2,3)38-27(36)34(18-10-13-33-14-11-18)15-16-37-23-17-21(19-7-4-5-9-22(19)29)20(8-6-12-31)25(30)24(23)26(32)35/h4-5,7,9-11,13-14,17H,6,8,15-16H2,1-3H3,(H2,32,35). The zero-order valence-corrected chi connectivity index (χ0v) is 22.8. The van der Waals surface area contributed by atoms with E-state index in [1.807, 2.05) is 12.1 Å². The second-order valence-corrected chi connectivity index (χ2v) is 10.1. The molecule has 0 unspecified atom stereocenters. The van der Waals surface area contributed by atoms with Crippen molar-refractivity contribution in [3.05, 3.63) is 76.0 Å². The number of nitrogens with zero attached hydrogens (tertiary/aromatic N) is 3. The van der Waals surface area contributed by atoms with Gasteiger partial charge in [-0.1, -0.05) is 41.4 Å². The van der Waals surface area contributed by atoms with Crippen molar-refractivity contribution in [2.45, 2.75) is 39.2 Å². The van der Waals surface area contributed by atoms with Crippen molar-refractivity contribution < 1.29 is 19.1 Å². The van der Waals surface area contributed by atoms with E-state index in [4.69, 9.17) is 43.7 Å². The highest BCUT2D eigenvalue weighted by Gasteiger charge is 2.26. The average molecular weight is 555 g/mol. The molecule has 0 fully saturated rings. The quantitative estimate of drug-likeness (QED) is 0.325.